The average molecular weight is 394 g/mol. The van der Waals surface area contributed by atoms with Crippen molar-refractivity contribution in [2.45, 2.75) is 25.7 Å². The maximum atomic E-state index is 12.6. The molecule has 1 fully saturated rings. The van der Waals surface area contributed by atoms with Gasteiger partial charge in [0.05, 0.1) is 12.2 Å². The lowest BCUT2D eigenvalue weighted by atomic mass is 9.96. The molecule has 1 aliphatic heterocycles. The number of hydrogen-bond donors (Lipinski definition) is 1. The minimum Gasteiger partial charge on any atom is -0.461 e. The van der Waals surface area contributed by atoms with Crippen molar-refractivity contribution in [3.63, 3.8) is 0 Å². The van der Waals surface area contributed by atoms with Crippen molar-refractivity contribution in [2.24, 2.45) is 5.92 Å². The minimum atomic E-state index is -0.207. The van der Waals surface area contributed by atoms with Gasteiger partial charge in [0.1, 0.15) is 0 Å². The third kappa shape index (κ3) is 4.71. The van der Waals surface area contributed by atoms with Gasteiger partial charge < -0.3 is 19.2 Å². The molecule has 0 radical (unpaired) electrons. The number of aromatic nitrogens is 2. The molecule has 1 aliphatic rings. The largest absolute Gasteiger partial charge is 0.461 e. The van der Waals surface area contributed by atoms with E-state index in [1.54, 1.807) is 17.0 Å². The molecule has 150 valence electrons. The van der Waals surface area contributed by atoms with Crippen molar-refractivity contribution in [3.05, 3.63) is 54.6 Å². The van der Waals surface area contributed by atoms with Crippen LogP contribution in [0, 0.1) is 5.92 Å². The van der Waals surface area contributed by atoms with E-state index in [9.17, 15) is 9.59 Å². The fourth-order valence-corrected chi connectivity index (χ4v) is 3.42. The second-order valence-electron chi connectivity index (χ2n) is 7.02. The van der Waals surface area contributed by atoms with Crippen molar-refractivity contribution in [1.29, 1.82) is 0 Å². The average Bonchev–Trinajstić information content (AvgIpc) is 3.45. The number of amides is 2. The topological polar surface area (TPSA) is 101 Å². The molecular formula is C21H22N4O4. The smallest absolute Gasteiger partial charge is 0.238 e. The summed E-state index contributed by atoms with van der Waals surface area (Å²) >= 11 is 0. The molecule has 0 spiro atoms. The summed E-state index contributed by atoms with van der Waals surface area (Å²) in [5.74, 6) is 1.01. The quantitative estimate of drug-likeness (QED) is 0.689. The van der Waals surface area contributed by atoms with E-state index in [2.05, 4.69) is 15.5 Å². The van der Waals surface area contributed by atoms with Crippen LogP contribution in [0.5, 0.6) is 0 Å². The number of benzene rings is 1. The fourth-order valence-electron chi connectivity index (χ4n) is 3.42. The predicted octanol–water partition coefficient (Wildman–Crippen LogP) is 3.14. The molecular weight excluding hydrogens is 372 g/mol. The number of furan rings is 1. The number of aryl methyl sites for hydroxylation is 1. The Morgan fingerprint density at radius 3 is 2.83 bits per heavy atom. The molecule has 1 N–H and O–H groups in total. The molecule has 8 nitrogen and oxygen atoms in total. The zero-order chi connectivity index (χ0) is 20.1. The van der Waals surface area contributed by atoms with Crippen molar-refractivity contribution >= 4 is 17.5 Å². The van der Waals surface area contributed by atoms with Gasteiger partial charge in [-0.2, -0.15) is 4.98 Å². The first-order valence-electron chi connectivity index (χ1n) is 9.69. The first kappa shape index (κ1) is 18.9. The van der Waals surface area contributed by atoms with Crippen LogP contribution < -0.4 is 5.32 Å². The van der Waals surface area contributed by atoms with Crippen LogP contribution >= 0.6 is 0 Å². The van der Waals surface area contributed by atoms with E-state index < -0.39 is 0 Å². The van der Waals surface area contributed by atoms with E-state index in [4.69, 9.17) is 8.94 Å². The molecule has 1 saturated heterocycles. The molecule has 0 aliphatic carbocycles. The molecule has 1 aromatic carbocycles. The van der Waals surface area contributed by atoms with Crippen LogP contribution in [-0.4, -0.2) is 39.9 Å². The van der Waals surface area contributed by atoms with Crippen molar-refractivity contribution in [2.75, 3.05) is 18.4 Å². The maximum Gasteiger partial charge on any atom is 0.238 e. The number of carbonyl (C=O) groups is 2. The lowest BCUT2D eigenvalue weighted by Crippen LogP contribution is -2.43. The van der Waals surface area contributed by atoms with Crippen molar-refractivity contribution in [3.8, 4) is 11.6 Å². The van der Waals surface area contributed by atoms with Crippen LogP contribution in [0.3, 0.4) is 0 Å². The van der Waals surface area contributed by atoms with Crippen LogP contribution in [0.25, 0.3) is 11.6 Å². The molecule has 29 heavy (non-hydrogen) atoms. The van der Waals surface area contributed by atoms with Gasteiger partial charge in [-0.15, -0.1) is 0 Å². The summed E-state index contributed by atoms with van der Waals surface area (Å²) in [6.07, 6.45) is 3.73. The number of hydrogen-bond acceptors (Lipinski definition) is 6. The molecule has 3 aromatic rings. The summed E-state index contributed by atoms with van der Waals surface area (Å²) in [4.78, 5) is 31.2. The Morgan fingerprint density at radius 2 is 2.03 bits per heavy atom. The summed E-state index contributed by atoms with van der Waals surface area (Å²) in [6, 6.07) is 12.8. The Hall–Kier alpha value is -3.42. The Labute approximate surface area is 167 Å². The van der Waals surface area contributed by atoms with Gasteiger partial charge in [-0.25, -0.2) is 0 Å². The molecule has 2 amide bonds. The van der Waals surface area contributed by atoms with Gasteiger partial charge in [-0.1, -0.05) is 23.4 Å². The molecule has 1 unspecified atom stereocenters. The highest BCUT2D eigenvalue weighted by Crippen LogP contribution is 2.20. The molecule has 8 heteroatoms. The summed E-state index contributed by atoms with van der Waals surface area (Å²) in [7, 11) is 0. The fraction of sp³-hybridized carbons (Fsp3) is 0.333. The molecule has 4 rings (SSSR count). The lowest BCUT2D eigenvalue weighted by Gasteiger charge is -2.32. The number of para-hydroxylation sites is 1. The lowest BCUT2D eigenvalue weighted by molar-refractivity contribution is -0.134. The van der Waals surface area contributed by atoms with Gasteiger partial charge in [0.15, 0.2) is 5.76 Å². The highest BCUT2D eigenvalue weighted by Gasteiger charge is 2.28. The standard InChI is InChI=1S/C21H22N4O4/c26-19(11-10-18-23-20(24-29-18)17-9-5-13-28-17)25-12-4-6-15(14-25)21(27)22-16-7-2-1-3-8-16/h1-3,5,7-9,13,15H,4,6,10-12,14H2,(H,22,27). The van der Waals surface area contributed by atoms with E-state index in [-0.39, 0.29) is 24.2 Å². The predicted molar refractivity (Wildman–Crippen MR) is 105 cm³/mol. The van der Waals surface area contributed by atoms with E-state index >= 15 is 0 Å². The Kier molecular flexibility index (Phi) is 5.69. The Bertz CT molecular complexity index is 952. The van der Waals surface area contributed by atoms with Gasteiger partial charge in [-0.05, 0) is 37.1 Å². The maximum absolute atomic E-state index is 12.6. The Morgan fingerprint density at radius 1 is 1.17 bits per heavy atom. The third-order valence-electron chi connectivity index (χ3n) is 4.95. The van der Waals surface area contributed by atoms with Crippen LogP contribution in [0.4, 0.5) is 5.69 Å². The molecule has 3 heterocycles. The normalized spacial score (nSPS) is 16.6. The SMILES string of the molecule is O=C(Nc1ccccc1)C1CCCN(C(=O)CCc2nc(-c3ccco3)no2)C1. The number of rotatable bonds is 6. The van der Waals surface area contributed by atoms with E-state index in [0.29, 0.717) is 37.0 Å². The van der Waals surface area contributed by atoms with Crippen LogP contribution in [0.1, 0.15) is 25.2 Å². The number of likely N-dealkylation sites (tertiary alicyclic amines) is 1. The van der Waals surface area contributed by atoms with Crippen molar-refractivity contribution < 1.29 is 18.5 Å². The number of anilines is 1. The summed E-state index contributed by atoms with van der Waals surface area (Å²) in [5.41, 5.74) is 0.768. The first-order chi connectivity index (χ1) is 14.2. The second-order valence-corrected chi connectivity index (χ2v) is 7.02. The van der Waals surface area contributed by atoms with Gasteiger partial charge in [0.2, 0.25) is 23.5 Å². The summed E-state index contributed by atoms with van der Waals surface area (Å²) < 4.78 is 10.4. The number of piperidine rings is 1. The third-order valence-corrected chi connectivity index (χ3v) is 4.95. The van der Waals surface area contributed by atoms with E-state index in [0.717, 1.165) is 18.5 Å². The highest BCUT2D eigenvalue weighted by atomic mass is 16.5. The summed E-state index contributed by atoms with van der Waals surface area (Å²) in [5, 5.41) is 6.79. The second kappa shape index (κ2) is 8.72. The number of nitrogens with zero attached hydrogens (tertiary/aromatic N) is 3. The van der Waals surface area contributed by atoms with E-state index in [1.165, 1.54) is 6.26 Å². The molecule has 0 bridgehead atoms. The van der Waals surface area contributed by atoms with Gasteiger partial charge in [-0.3, -0.25) is 9.59 Å². The van der Waals surface area contributed by atoms with Crippen LogP contribution in [0.2, 0.25) is 0 Å². The molecule has 2 aromatic heterocycles. The summed E-state index contributed by atoms with van der Waals surface area (Å²) in [6.45, 7) is 1.09. The van der Waals surface area contributed by atoms with Crippen molar-refractivity contribution in [1.82, 2.24) is 15.0 Å². The molecule has 0 saturated carbocycles. The van der Waals surface area contributed by atoms with Gasteiger partial charge in [0.25, 0.3) is 0 Å². The van der Waals surface area contributed by atoms with Gasteiger partial charge >= 0.3 is 0 Å². The highest BCUT2D eigenvalue weighted by molar-refractivity contribution is 5.93. The first-order valence-corrected chi connectivity index (χ1v) is 9.69. The zero-order valence-corrected chi connectivity index (χ0v) is 15.9. The number of nitrogens with one attached hydrogen (secondary N) is 1. The van der Waals surface area contributed by atoms with Gasteiger partial charge in [0, 0.05) is 31.6 Å². The zero-order valence-electron chi connectivity index (χ0n) is 15.9. The van der Waals surface area contributed by atoms with Crippen LogP contribution in [0.15, 0.2) is 57.7 Å². The van der Waals surface area contributed by atoms with Crippen LogP contribution in [-0.2, 0) is 16.0 Å². The number of carbonyl (C=O) groups excluding carboxylic acids is 2. The Balaban J connectivity index is 1.29. The van der Waals surface area contributed by atoms with E-state index in [1.807, 2.05) is 30.3 Å². The minimum absolute atomic E-state index is 0.0139. The monoisotopic (exact) mass is 394 g/mol. The molecule has 1 atom stereocenters.